The van der Waals surface area contributed by atoms with Crippen molar-refractivity contribution in [3.8, 4) is 5.75 Å². The number of halogens is 1. The number of benzene rings is 2. The first-order valence-corrected chi connectivity index (χ1v) is 8.88. The van der Waals surface area contributed by atoms with Crippen molar-refractivity contribution >= 4 is 32.7 Å². The van der Waals surface area contributed by atoms with Gasteiger partial charge in [0.15, 0.2) is 6.10 Å². The number of nitrogens with zero attached hydrogens (tertiary/aromatic N) is 2. The number of carbonyl (C=O) groups is 1. The lowest BCUT2D eigenvalue weighted by molar-refractivity contribution is -0.137. The van der Waals surface area contributed by atoms with Crippen molar-refractivity contribution in [2.45, 2.75) is 19.6 Å². The minimum absolute atomic E-state index is 0.187. The molecule has 0 saturated carbocycles. The van der Waals surface area contributed by atoms with Crippen LogP contribution in [0.2, 0.25) is 0 Å². The molecule has 0 fully saturated rings. The highest BCUT2D eigenvalue weighted by atomic mass is 79.9. The molecule has 0 bridgehead atoms. The zero-order valence-electron chi connectivity index (χ0n) is 14.4. The van der Waals surface area contributed by atoms with Crippen LogP contribution < -0.4 is 10.3 Å². The van der Waals surface area contributed by atoms with Crippen LogP contribution in [-0.4, -0.2) is 33.9 Å². The summed E-state index contributed by atoms with van der Waals surface area (Å²) in [6.07, 6.45) is -0.659. The SMILES string of the molecule is C[C@@H](Oc1ccc(Br)cc1)C(=O)N(C)Cc1nc2ccccc2c(=O)[nH]1. The van der Waals surface area contributed by atoms with Crippen molar-refractivity contribution in [3.05, 3.63) is 69.2 Å². The molecule has 0 unspecified atom stereocenters. The maximum atomic E-state index is 12.5. The molecule has 1 heterocycles. The van der Waals surface area contributed by atoms with Gasteiger partial charge >= 0.3 is 0 Å². The van der Waals surface area contributed by atoms with Gasteiger partial charge in [0, 0.05) is 11.5 Å². The summed E-state index contributed by atoms with van der Waals surface area (Å²) in [5.41, 5.74) is 0.386. The molecule has 3 rings (SSSR count). The van der Waals surface area contributed by atoms with Gasteiger partial charge in [0.25, 0.3) is 11.5 Å². The summed E-state index contributed by atoms with van der Waals surface area (Å²) in [5, 5.41) is 0.525. The Morgan fingerprint density at radius 1 is 1.23 bits per heavy atom. The van der Waals surface area contributed by atoms with Crippen molar-refractivity contribution in [1.82, 2.24) is 14.9 Å². The first kappa shape index (κ1) is 18.1. The molecule has 0 radical (unpaired) electrons. The quantitative estimate of drug-likeness (QED) is 0.694. The van der Waals surface area contributed by atoms with Gasteiger partial charge in [-0.2, -0.15) is 0 Å². The number of ether oxygens (including phenoxy) is 1. The molecular formula is C19H18BrN3O3. The van der Waals surface area contributed by atoms with Gasteiger partial charge in [-0.1, -0.05) is 28.1 Å². The van der Waals surface area contributed by atoms with Gasteiger partial charge in [-0.25, -0.2) is 4.98 Å². The summed E-state index contributed by atoms with van der Waals surface area (Å²) in [6.45, 7) is 1.88. The average Bonchev–Trinajstić information content (AvgIpc) is 2.63. The van der Waals surface area contributed by atoms with E-state index >= 15 is 0 Å². The summed E-state index contributed by atoms with van der Waals surface area (Å²) >= 11 is 3.36. The summed E-state index contributed by atoms with van der Waals surface area (Å²) < 4.78 is 6.62. The number of nitrogens with one attached hydrogen (secondary N) is 1. The normalized spacial score (nSPS) is 12.0. The van der Waals surface area contributed by atoms with Crippen LogP contribution >= 0.6 is 15.9 Å². The summed E-state index contributed by atoms with van der Waals surface area (Å²) in [6, 6.07) is 14.4. The molecule has 1 amide bonds. The summed E-state index contributed by atoms with van der Waals surface area (Å²) in [4.78, 5) is 33.3. The highest BCUT2D eigenvalue weighted by Gasteiger charge is 2.20. The van der Waals surface area contributed by atoms with Crippen LogP contribution in [0.1, 0.15) is 12.7 Å². The highest BCUT2D eigenvalue weighted by molar-refractivity contribution is 9.10. The number of amides is 1. The lowest BCUT2D eigenvalue weighted by atomic mass is 10.2. The topological polar surface area (TPSA) is 75.3 Å². The average molecular weight is 416 g/mol. The molecule has 0 spiro atoms. The van der Waals surface area contributed by atoms with Gasteiger partial charge in [-0.3, -0.25) is 9.59 Å². The van der Waals surface area contributed by atoms with E-state index in [2.05, 4.69) is 25.9 Å². The fourth-order valence-electron chi connectivity index (χ4n) is 2.59. The van der Waals surface area contributed by atoms with Crippen LogP contribution in [-0.2, 0) is 11.3 Å². The molecule has 1 aromatic heterocycles. The smallest absolute Gasteiger partial charge is 0.263 e. The predicted molar refractivity (Wildman–Crippen MR) is 103 cm³/mol. The third kappa shape index (κ3) is 4.11. The van der Waals surface area contributed by atoms with Crippen LogP contribution in [0.4, 0.5) is 0 Å². The van der Waals surface area contributed by atoms with Crippen LogP contribution in [0.25, 0.3) is 10.9 Å². The predicted octanol–water partition coefficient (Wildman–Crippen LogP) is 3.11. The molecule has 1 atom stereocenters. The van der Waals surface area contributed by atoms with E-state index in [9.17, 15) is 9.59 Å². The monoisotopic (exact) mass is 415 g/mol. The van der Waals surface area contributed by atoms with Gasteiger partial charge in [-0.05, 0) is 43.3 Å². The Kier molecular flexibility index (Phi) is 5.37. The molecule has 6 nitrogen and oxygen atoms in total. The van der Waals surface area contributed by atoms with E-state index < -0.39 is 6.10 Å². The Morgan fingerprint density at radius 2 is 1.92 bits per heavy atom. The number of rotatable bonds is 5. The van der Waals surface area contributed by atoms with E-state index in [1.807, 2.05) is 18.2 Å². The van der Waals surface area contributed by atoms with E-state index in [1.54, 1.807) is 44.3 Å². The number of H-pyrrole nitrogens is 1. The number of hydrogen-bond donors (Lipinski definition) is 1. The Balaban J connectivity index is 1.70. The van der Waals surface area contributed by atoms with E-state index in [0.29, 0.717) is 22.5 Å². The zero-order chi connectivity index (χ0) is 18.7. The first-order chi connectivity index (χ1) is 12.4. The number of fused-ring (bicyclic) bond motifs is 1. The highest BCUT2D eigenvalue weighted by Crippen LogP contribution is 2.18. The minimum Gasteiger partial charge on any atom is -0.481 e. The van der Waals surface area contributed by atoms with Gasteiger partial charge < -0.3 is 14.6 Å². The molecule has 0 aliphatic rings. The minimum atomic E-state index is -0.659. The van der Waals surface area contributed by atoms with Crippen LogP contribution in [0.5, 0.6) is 5.75 Å². The lowest BCUT2D eigenvalue weighted by Crippen LogP contribution is -2.38. The molecule has 134 valence electrons. The van der Waals surface area contributed by atoms with E-state index in [-0.39, 0.29) is 18.0 Å². The third-order valence-electron chi connectivity index (χ3n) is 3.90. The molecular weight excluding hydrogens is 398 g/mol. The largest absolute Gasteiger partial charge is 0.481 e. The lowest BCUT2D eigenvalue weighted by Gasteiger charge is -2.21. The first-order valence-electron chi connectivity index (χ1n) is 8.09. The van der Waals surface area contributed by atoms with Crippen molar-refractivity contribution in [1.29, 1.82) is 0 Å². The Morgan fingerprint density at radius 3 is 2.65 bits per heavy atom. The zero-order valence-corrected chi connectivity index (χ0v) is 16.0. The Hall–Kier alpha value is -2.67. The molecule has 2 aromatic carbocycles. The number of aromatic amines is 1. The Labute approximate surface area is 158 Å². The van der Waals surface area contributed by atoms with Crippen molar-refractivity contribution in [2.24, 2.45) is 0 Å². The van der Waals surface area contributed by atoms with Crippen molar-refractivity contribution < 1.29 is 9.53 Å². The van der Waals surface area contributed by atoms with E-state index in [0.717, 1.165) is 4.47 Å². The third-order valence-corrected chi connectivity index (χ3v) is 4.43. The molecule has 0 aliphatic heterocycles. The molecule has 0 aliphatic carbocycles. The number of aromatic nitrogens is 2. The Bertz CT molecular complexity index is 985. The second-order valence-electron chi connectivity index (χ2n) is 5.94. The number of likely N-dealkylation sites (N-methyl/N-ethyl adjacent to an activating group) is 1. The van der Waals surface area contributed by atoms with Crippen molar-refractivity contribution in [2.75, 3.05) is 7.05 Å². The molecule has 26 heavy (non-hydrogen) atoms. The maximum Gasteiger partial charge on any atom is 0.263 e. The molecule has 7 heteroatoms. The summed E-state index contributed by atoms with van der Waals surface area (Å²) in [7, 11) is 1.65. The van der Waals surface area contributed by atoms with Crippen LogP contribution in [0, 0.1) is 0 Å². The van der Waals surface area contributed by atoms with E-state index in [4.69, 9.17) is 4.74 Å². The van der Waals surface area contributed by atoms with E-state index in [1.165, 1.54) is 4.90 Å². The number of para-hydroxylation sites is 1. The standard InChI is InChI=1S/C19H18BrN3O3/c1-12(26-14-9-7-13(20)8-10-14)19(25)23(2)11-17-21-16-6-4-3-5-15(16)18(24)22-17/h3-10,12H,11H2,1-2H3,(H,21,22,24)/t12-/m1/s1. The second-order valence-corrected chi connectivity index (χ2v) is 6.85. The fraction of sp³-hybridized carbons (Fsp3) is 0.211. The second kappa shape index (κ2) is 7.70. The van der Waals surface area contributed by atoms with Gasteiger partial charge in [0.1, 0.15) is 11.6 Å². The van der Waals surface area contributed by atoms with Crippen LogP contribution in [0.15, 0.2) is 57.8 Å². The van der Waals surface area contributed by atoms with Crippen molar-refractivity contribution in [3.63, 3.8) is 0 Å². The van der Waals surface area contributed by atoms with Gasteiger partial charge in [0.2, 0.25) is 0 Å². The maximum absolute atomic E-state index is 12.5. The van der Waals surface area contributed by atoms with Gasteiger partial charge in [0.05, 0.1) is 17.4 Å². The van der Waals surface area contributed by atoms with Gasteiger partial charge in [-0.15, -0.1) is 0 Å². The molecule has 0 saturated heterocycles. The number of hydrogen-bond acceptors (Lipinski definition) is 4. The fourth-order valence-corrected chi connectivity index (χ4v) is 2.85. The molecule has 3 aromatic rings. The molecule has 1 N–H and O–H groups in total. The van der Waals surface area contributed by atoms with Crippen LogP contribution in [0.3, 0.4) is 0 Å². The summed E-state index contributed by atoms with van der Waals surface area (Å²) in [5.74, 6) is 0.837. The number of carbonyl (C=O) groups excluding carboxylic acids is 1.